The first-order valence-corrected chi connectivity index (χ1v) is 9.54. The van der Waals surface area contributed by atoms with Gasteiger partial charge in [0.25, 0.3) is 0 Å². The maximum absolute atomic E-state index is 12.3. The van der Waals surface area contributed by atoms with E-state index in [0.29, 0.717) is 5.11 Å². The molecule has 0 spiro atoms. The molecular formula is C16H24N2OS2. The van der Waals surface area contributed by atoms with Crippen molar-refractivity contribution in [1.29, 1.82) is 0 Å². The van der Waals surface area contributed by atoms with Crippen LogP contribution in [0.15, 0.2) is 10.5 Å². The number of thioether (sulfide) groups is 1. The van der Waals surface area contributed by atoms with Gasteiger partial charge in [-0.1, -0.05) is 38.5 Å². The Bertz CT molecular complexity index is 461. The van der Waals surface area contributed by atoms with Gasteiger partial charge in [0.1, 0.15) is 0 Å². The van der Waals surface area contributed by atoms with Crippen LogP contribution >= 0.6 is 24.0 Å². The van der Waals surface area contributed by atoms with Crippen LogP contribution in [0.3, 0.4) is 0 Å². The molecule has 3 nitrogen and oxygen atoms in total. The van der Waals surface area contributed by atoms with Crippen LogP contribution in [0.4, 0.5) is 0 Å². The van der Waals surface area contributed by atoms with Gasteiger partial charge in [-0.05, 0) is 48.4 Å². The highest BCUT2D eigenvalue weighted by Gasteiger charge is 2.43. The van der Waals surface area contributed by atoms with Crippen LogP contribution in [0.1, 0.15) is 64.2 Å². The summed E-state index contributed by atoms with van der Waals surface area (Å²) in [4.78, 5) is 13.8. The number of nitrogens with one attached hydrogen (secondary N) is 2. The van der Waals surface area contributed by atoms with Crippen molar-refractivity contribution >= 4 is 35.0 Å². The molecule has 0 saturated carbocycles. The lowest BCUT2D eigenvalue weighted by Crippen LogP contribution is -2.55. The minimum atomic E-state index is -0.000333. The molecule has 2 aliphatic heterocycles. The molecule has 2 unspecified atom stereocenters. The predicted octanol–water partition coefficient (Wildman–Crippen LogP) is 3.85. The normalized spacial score (nSPS) is 31.4. The van der Waals surface area contributed by atoms with E-state index >= 15 is 0 Å². The standard InChI is InChI=1S/C16H24N2OS2/c19-14-13-11-9-7-5-3-1-2-4-6-8-10-12(11)21-15(13)18-16(20)17-14/h13,15H,1-10H2,(H2,17,18,19,20). The third kappa shape index (κ3) is 3.62. The Morgan fingerprint density at radius 2 is 1.57 bits per heavy atom. The number of hydrogen-bond acceptors (Lipinski definition) is 3. The Balaban J connectivity index is 1.75. The fourth-order valence-electron chi connectivity index (χ4n) is 3.59. The van der Waals surface area contributed by atoms with Crippen LogP contribution < -0.4 is 10.6 Å². The first-order chi connectivity index (χ1) is 10.3. The fourth-order valence-corrected chi connectivity index (χ4v) is 5.44. The lowest BCUT2D eigenvalue weighted by atomic mass is 9.90. The lowest BCUT2D eigenvalue weighted by Gasteiger charge is -2.28. The van der Waals surface area contributed by atoms with Crippen molar-refractivity contribution in [3.05, 3.63) is 10.5 Å². The second-order valence-electron chi connectivity index (χ2n) is 6.26. The van der Waals surface area contributed by atoms with E-state index in [2.05, 4.69) is 10.6 Å². The van der Waals surface area contributed by atoms with Crippen LogP contribution in [0.2, 0.25) is 0 Å². The molecule has 0 bridgehead atoms. The number of fused-ring (bicyclic) bond motifs is 2. The van der Waals surface area contributed by atoms with E-state index < -0.39 is 0 Å². The average Bonchev–Trinajstić information content (AvgIpc) is 2.76. The molecule has 1 aliphatic carbocycles. The van der Waals surface area contributed by atoms with Gasteiger partial charge in [0, 0.05) is 0 Å². The summed E-state index contributed by atoms with van der Waals surface area (Å²) in [6, 6.07) is 0. The second kappa shape index (κ2) is 7.14. The molecular weight excluding hydrogens is 300 g/mol. The molecule has 2 heterocycles. The molecule has 0 aromatic heterocycles. The summed E-state index contributed by atoms with van der Waals surface area (Å²) in [6.07, 6.45) is 12.8. The summed E-state index contributed by atoms with van der Waals surface area (Å²) in [6.45, 7) is 0. The molecule has 2 atom stereocenters. The van der Waals surface area contributed by atoms with Gasteiger partial charge in [-0.3, -0.25) is 4.79 Å². The van der Waals surface area contributed by atoms with Crippen molar-refractivity contribution in [3.8, 4) is 0 Å². The van der Waals surface area contributed by atoms with Crippen molar-refractivity contribution in [3.63, 3.8) is 0 Å². The number of allylic oxidation sites excluding steroid dienone is 1. The highest BCUT2D eigenvalue weighted by molar-refractivity contribution is 8.04. The Morgan fingerprint density at radius 3 is 2.29 bits per heavy atom. The van der Waals surface area contributed by atoms with E-state index in [9.17, 15) is 4.79 Å². The minimum Gasteiger partial charge on any atom is -0.349 e. The predicted molar refractivity (Wildman–Crippen MR) is 91.9 cm³/mol. The molecule has 3 aliphatic rings. The van der Waals surface area contributed by atoms with Gasteiger partial charge in [0.15, 0.2) is 5.11 Å². The third-order valence-corrected chi connectivity index (χ3v) is 6.31. The van der Waals surface area contributed by atoms with Gasteiger partial charge in [0.2, 0.25) is 5.91 Å². The molecule has 2 N–H and O–H groups in total. The number of carbonyl (C=O) groups excluding carboxylic acids is 1. The van der Waals surface area contributed by atoms with Crippen molar-refractivity contribution in [2.45, 2.75) is 69.6 Å². The van der Waals surface area contributed by atoms with E-state index in [1.165, 1.54) is 61.8 Å². The number of rotatable bonds is 0. The zero-order valence-electron chi connectivity index (χ0n) is 12.5. The molecule has 1 saturated heterocycles. The van der Waals surface area contributed by atoms with E-state index in [1.807, 2.05) is 11.8 Å². The molecule has 1 fully saturated rings. The SMILES string of the molecule is O=C1NC(=S)NC2SC3=C(CCCCCCCCCC3)C12. The van der Waals surface area contributed by atoms with Crippen LogP contribution in [0.5, 0.6) is 0 Å². The summed E-state index contributed by atoms with van der Waals surface area (Å²) in [7, 11) is 0. The van der Waals surface area contributed by atoms with E-state index in [4.69, 9.17) is 12.2 Å². The number of thiocarbonyl (C=S) groups is 1. The molecule has 21 heavy (non-hydrogen) atoms. The molecule has 0 aromatic rings. The Hall–Kier alpha value is -0.550. The van der Waals surface area contributed by atoms with Crippen LogP contribution in [-0.2, 0) is 4.79 Å². The maximum atomic E-state index is 12.3. The highest BCUT2D eigenvalue weighted by Crippen LogP contribution is 2.46. The fraction of sp³-hybridized carbons (Fsp3) is 0.750. The molecule has 0 radical (unpaired) electrons. The van der Waals surface area contributed by atoms with E-state index in [-0.39, 0.29) is 17.2 Å². The summed E-state index contributed by atoms with van der Waals surface area (Å²) in [5.74, 6) is 0.105. The van der Waals surface area contributed by atoms with Crippen molar-refractivity contribution in [2.75, 3.05) is 0 Å². The number of carbonyl (C=O) groups is 1. The molecule has 0 aromatic carbocycles. The molecule has 3 rings (SSSR count). The van der Waals surface area contributed by atoms with Gasteiger partial charge in [-0.25, -0.2) is 0 Å². The van der Waals surface area contributed by atoms with Gasteiger partial charge in [0.05, 0.1) is 11.3 Å². The quantitative estimate of drug-likeness (QED) is 0.664. The minimum absolute atomic E-state index is 0.000333. The van der Waals surface area contributed by atoms with Crippen molar-refractivity contribution < 1.29 is 4.79 Å². The second-order valence-corrected chi connectivity index (χ2v) is 7.90. The van der Waals surface area contributed by atoms with Crippen LogP contribution in [-0.4, -0.2) is 16.4 Å². The van der Waals surface area contributed by atoms with Crippen LogP contribution in [0.25, 0.3) is 0 Å². The van der Waals surface area contributed by atoms with Gasteiger partial charge < -0.3 is 10.6 Å². The maximum Gasteiger partial charge on any atom is 0.236 e. The largest absolute Gasteiger partial charge is 0.349 e. The Labute approximate surface area is 136 Å². The van der Waals surface area contributed by atoms with E-state index in [1.54, 1.807) is 0 Å². The summed E-state index contributed by atoms with van der Waals surface area (Å²) < 4.78 is 0. The lowest BCUT2D eigenvalue weighted by molar-refractivity contribution is -0.123. The molecule has 1 amide bonds. The summed E-state index contributed by atoms with van der Waals surface area (Å²) in [5.41, 5.74) is 1.40. The van der Waals surface area contributed by atoms with Crippen molar-refractivity contribution in [2.24, 2.45) is 5.92 Å². The third-order valence-electron chi connectivity index (χ3n) is 4.70. The average molecular weight is 325 g/mol. The number of amides is 1. The van der Waals surface area contributed by atoms with E-state index in [0.717, 1.165) is 12.8 Å². The first-order valence-electron chi connectivity index (χ1n) is 8.25. The van der Waals surface area contributed by atoms with Gasteiger partial charge in [-0.2, -0.15) is 0 Å². The topological polar surface area (TPSA) is 41.1 Å². The van der Waals surface area contributed by atoms with Crippen LogP contribution in [0, 0.1) is 5.92 Å². The highest BCUT2D eigenvalue weighted by atomic mass is 32.2. The zero-order valence-corrected chi connectivity index (χ0v) is 14.1. The monoisotopic (exact) mass is 324 g/mol. The summed E-state index contributed by atoms with van der Waals surface area (Å²) in [5, 5.41) is 6.72. The Morgan fingerprint density at radius 1 is 0.952 bits per heavy atom. The zero-order chi connectivity index (χ0) is 14.7. The Kier molecular flexibility index (Phi) is 5.22. The number of hydrogen-bond donors (Lipinski definition) is 2. The molecule has 116 valence electrons. The van der Waals surface area contributed by atoms with Gasteiger partial charge >= 0.3 is 0 Å². The summed E-state index contributed by atoms with van der Waals surface area (Å²) >= 11 is 6.99. The molecule has 5 heteroatoms. The van der Waals surface area contributed by atoms with Crippen molar-refractivity contribution in [1.82, 2.24) is 10.6 Å². The first kappa shape index (κ1) is 15.3. The smallest absolute Gasteiger partial charge is 0.236 e. The van der Waals surface area contributed by atoms with Gasteiger partial charge in [-0.15, -0.1) is 11.8 Å².